The van der Waals surface area contributed by atoms with Crippen molar-refractivity contribution in [2.24, 2.45) is 13.0 Å². The summed E-state index contributed by atoms with van der Waals surface area (Å²) in [7, 11) is 1.79. The van der Waals surface area contributed by atoms with E-state index in [0.29, 0.717) is 11.7 Å². The molecule has 2 rings (SSSR count). The standard InChI is InChI=1S/C15H22N6O/c1-10(2)11(3)17-14(22)9-16-13-7-5-6-12(8-13)15-18-19-20-21(15)4/h5-8,10-11,16H,9H2,1-4H3,(H,17,22)/t11-/m0/s1. The predicted octanol–water partition coefficient (Wildman–Crippen LogP) is 1.45. The van der Waals surface area contributed by atoms with Crippen LogP contribution in [0, 0.1) is 5.92 Å². The van der Waals surface area contributed by atoms with Gasteiger partial charge in [0.1, 0.15) is 0 Å². The van der Waals surface area contributed by atoms with E-state index in [0.717, 1.165) is 11.3 Å². The Kier molecular flexibility index (Phi) is 5.08. The minimum Gasteiger partial charge on any atom is -0.376 e. The summed E-state index contributed by atoms with van der Waals surface area (Å²) in [6, 6.07) is 7.82. The number of rotatable bonds is 6. The normalized spacial score (nSPS) is 12.2. The highest BCUT2D eigenvalue weighted by Gasteiger charge is 2.11. The molecule has 1 aromatic heterocycles. The van der Waals surface area contributed by atoms with Crippen LogP contribution in [0.4, 0.5) is 5.69 Å². The lowest BCUT2D eigenvalue weighted by Crippen LogP contribution is -2.39. The van der Waals surface area contributed by atoms with E-state index in [1.165, 1.54) is 0 Å². The molecule has 0 saturated heterocycles. The summed E-state index contributed by atoms with van der Waals surface area (Å²) in [5.41, 5.74) is 1.75. The largest absolute Gasteiger partial charge is 0.376 e. The SMILES string of the molecule is CC(C)[C@H](C)NC(=O)CNc1cccc(-c2nnnn2C)c1. The Labute approximate surface area is 130 Å². The average molecular weight is 302 g/mol. The maximum absolute atomic E-state index is 11.9. The molecule has 0 fully saturated rings. The monoisotopic (exact) mass is 302 g/mol. The zero-order chi connectivity index (χ0) is 16.1. The maximum atomic E-state index is 11.9. The highest BCUT2D eigenvalue weighted by molar-refractivity contribution is 5.81. The summed E-state index contributed by atoms with van der Waals surface area (Å²) in [4.78, 5) is 11.9. The van der Waals surface area contributed by atoms with Gasteiger partial charge in [-0.1, -0.05) is 26.0 Å². The fourth-order valence-corrected chi connectivity index (χ4v) is 1.90. The quantitative estimate of drug-likeness (QED) is 0.843. The van der Waals surface area contributed by atoms with E-state index in [1.54, 1.807) is 11.7 Å². The molecule has 0 aliphatic rings. The number of aryl methyl sites for hydroxylation is 1. The highest BCUT2D eigenvalue weighted by Crippen LogP contribution is 2.19. The molecule has 0 unspecified atom stereocenters. The van der Waals surface area contributed by atoms with Crippen molar-refractivity contribution >= 4 is 11.6 Å². The number of hydrogen-bond donors (Lipinski definition) is 2. The molecule has 118 valence electrons. The Bertz CT molecular complexity index is 636. The molecular formula is C15H22N6O. The van der Waals surface area contributed by atoms with E-state index in [1.807, 2.05) is 31.2 Å². The second-order valence-corrected chi connectivity index (χ2v) is 5.66. The number of hydrogen-bond acceptors (Lipinski definition) is 5. The Morgan fingerprint density at radius 3 is 2.73 bits per heavy atom. The number of nitrogens with zero attached hydrogens (tertiary/aromatic N) is 4. The van der Waals surface area contributed by atoms with E-state index in [-0.39, 0.29) is 18.5 Å². The van der Waals surface area contributed by atoms with Gasteiger partial charge in [0.05, 0.1) is 6.54 Å². The molecule has 0 aliphatic heterocycles. The number of aromatic nitrogens is 4. The second kappa shape index (κ2) is 7.02. The van der Waals surface area contributed by atoms with Crippen LogP contribution in [0.5, 0.6) is 0 Å². The van der Waals surface area contributed by atoms with Crippen LogP contribution in [-0.4, -0.2) is 38.7 Å². The summed E-state index contributed by atoms with van der Waals surface area (Å²) < 4.78 is 1.61. The van der Waals surface area contributed by atoms with Crippen LogP contribution in [0.2, 0.25) is 0 Å². The predicted molar refractivity (Wildman–Crippen MR) is 85.2 cm³/mol. The second-order valence-electron chi connectivity index (χ2n) is 5.66. The lowest BCUT2D eigenvalue weighted by atomic mass is 10.1. The van der Waals surface area contributed by atoms with E-state index in [9.17, 15) is 4.79 Å². The van der Waals surface area contributed by atoms with Gasteiger partial charge in [0.15, 0.2) is 5.82 Å². The van der Waals surface area contributed by atoms with Crippen LogP contribution in [0.1, 0.15) is 20.8 Å². The number of amides is 1. The third kappa shape index (κ3) is 4.03. The first kappa shape index (κ1) is 15.9. The van der Waals surface area contributed by atoms with Gasteiger partial charge >= 0.3 is 0 Å². The van der Waals surface area contributed by atoms with Crippen LogP contribution in [0.3, 0.4) is 0 Å². The number of benzene rings is 1. The van der Waals surface area contributed by atoms with Crippen LogP contribution in [0.15, 0.2) is 24.3 Å². The molecule has 0 saturated carbocycles. The lowest BCUT2D eigenvalue weighted by molar-refractivity contribution is -0.120. The molecule has 2 aromatic rings. The third-order valence-electron chi connectivity index (χ3n) is 3.58. The molecule has 1 aromatic carbocycles. The van der Waals surface area contributed by atoms with E-state index >= 15 is 0 Å². The number of nitrogens with one attached hydrogen (secondary N) is 2. The van der Waals surface area contributed by atoms with Crippen LogP contribution >= 0.6 is 0 Å². The topological polar surface area (TPSA) is 84.7 Å². The smallest absolute Gasteiger partial charge is 0.239 e. The van der Waals surface area contributed by atoms with Gasteiger partial charge in [-0.15, -0.1) is 5.10 Å². The van der Waals surface area contributed by atoms with Crippen molar-refractivity contribution in [1.29, 1.82) is 0 Å². The van der Waals surface area contributed by atoms with Gasteiger partial charge < -0.3 is 10.6 Å². The van der Waals surface area contributed by atoms with E-state index in [2.05, 4.69) is 40.0 Å². The van der Waals surface area contributed by atoms with Crippen molar-refractivity contribution in [3.05, 3.63) is 24.3 Å². The molecule has 7 nitrogen and oxygen atoms in total. The van der Waals surface area contributed by atoms with Crippen molar-refractivity contribution in [3.63, 3.8) is 0 Å². The van der Waals surface area contributed by atoms with Crippen molar-refractivity contribution in [2.75, 3.05) is 11.9 Å². The fourth-order valence-electron chi connectivity index (χ4n) is 1.90. The van der Waals surface area contributed by atoms with Crippen molar-refractivity contribution in [1.82, 2.24) is 25.5 Å². The molecule has 1 atom stereocenters. The van der Waals surface area contributed by atoms with Crippen LogP contribution < -0.4 is 10.6 Å². The maximum Gasteiger partial charge on any atom is 0.239 e. The summed E-state index contributed by atoms with van der Waals surface area (Å²) in [5.74, 6) is 1.07. The Morgan fingerprint density at radius 2 is 2.09 bits per heavy atom. The molecule has 0 bridgehead atoms. The van der Waals surface area contributed by atoms with E-state index < -0.39 is 0 Å². The molecule has 2 N–H and O–H groups in total. The molecule has 7 heteroatoms. The molecule has 0 radical (unpaired) electrons. The van der Waals surface area contributed by atoms with Gasteiger partial charge in [-0.3, -0.25) is 4.79 Å². The Balaban J connectivity index is 1.97. The summed E-state index contributed by atoms with van der Waals surface area (Å²) >= 11 is 0. The van der Waals surface area contributed by atoms with Crippen molar-refractivity contribution < 1.29 is 4.79 Å². The van der Waals surface area contributed by atoms with Crippen molar-refractivity contribution in [3.8, 4) is 11.4 Å². The van der Waals surface area contributed by atoms with Gasteiger partial charge in [-0.25, -0.2) is 4.68 Å². The Morgan fingerprint density at radius 1 is 1.32 bits per heavy atom. The minimum absolute atomic E-state index is 0.0214. The van der Waals surface area contributed by atoms with Gasteiger partial charge in [0.25, 0.3) is 0 Å². The van der Waals surface area contributed by atoms with Gasteiger partial charge in [-0.05, 0) is 35.4 Å². The number of carbonyl (C=O) groups is 1. The molecule has 1 heterocycles. The number of carbonyl (C=O) groups excluding carboxylic acids is 1. The fraction of sp³-hybridized carbons (Fsp3) is 0.467. The first-order chi connectivity index (χ1) is 10.5. The van der Waals surface area contributed by atoms with Gasteiger partial charge in [-0.2, -0.15) is 0 Å². The Hall–Kier alpha value is -2.44. The van der Waals surface area contributed by atoms with Crippen LogP contribution in [0.25, 0.3) is 11.4 Å². The number of tetrazole rings is 1. The first-order valence-corrected chi connectivity index (χ1v) is 7.33. The summed E-state index contributed by atoms with van der Waals surface area (Å²) in [6.07, 6.45) is 0. The van der Waals surface area contributed by atoms with Gasteiger partial charge in [0.2, 0.25) is 5.91 Å². The van der Waals surface area contributed by atoms with E-state index in [4.69, 9.17) is 0 Å². The average Bonchev–Trinajstić information content (AvgIpc) is 2.91. The summed E-state index contributed by atoms with van der Waals surface area (Å²) in [6.45, 7) is 6.40. The molecule has 0 spiro atoms. The van der Waals surface area contributed by atoms with Crippen LogP contribution in [-0.2, 0) is 11.8 Å². The first-order valence-electron chi connectivity index (χ1n) is 7.33. The molecule has 22 heavy (non-hydrogen) atoms. The highest BCUT2D eigenvalue weighted by atomic mass is 16.1. The lowest BCUT2D eigenvalue weighted by Gasteiger charge is -2.17. The zero-order valence-electron chi connectivity index (χ0n) is 13.4. The molecule has 0 aliphatic carbocycles. The third-order valence-corrected chi connectivity index (χ3v) is 3.58. The minimum atomic E-state index is -0.0214. The van der Waals surface area contributed by atoms with Crippen molar-refractivity contribution in [2.45, 2.75) is 26.8 Å². The summed E-state index contributed by atoms with van der Waals surface area (Å²) in [5, 5.41) is 17.5. The zero-order valence-corrected chi connectivity index (χ0v) is 13.4. The number of anilines is 1. The van der Waals surface area contributed by atoms with Gasteiger partial charge in [0, 0.05) is 24.3 Å². The molecular weight excluding hydrogens is 280 g/mol. The molecule has 1 amide bonds.